The first-order chi connectivity index (χ1) is 9.61. The van der Waals surface area contributed by atoms with Crippen LogP contribution in [0.3, 0.4) is 0 Å². The molecule has 1 atom stereocenters. The summed E-state index contributed by atoms with van der Waals surface area (Å²) in [5.74, 6) is 0.116. The zero-order valence-electron chi connectivity index (χ0n) is 10.8. The molecule has 5 nitrogen and oxygen atoms in total. The summed E-state index contributed by atoms with van der Waals surface area (Å²) in [4.78, 5) is 19.5. The molecule has 0 spiro atoms. The summed E-state index contributed by atoms with van der Waals surface area (Å²) in [5, 5.41) is 14.9. The number of carbonyl (C=O) groups excluding carboxylic acids is 1. The number of fused-ring (bicyclic) bond motifs is 1. The van der Waals surface area contributed by atoms with E-state index in [0.29, 0.717) is 12.2 Å². The van der Waals surface area contributed by atoms with Crippen LogP contribution in [-0.2, 0) is 4.79 Å². The second kappa shape index (κ2) is 6.90. The molecule has 1 aromatic heterocycles. The summed E-state index contributed by atoms with van der Waals surface area (Å²) >= 11 is 4.98. The van der Waals surface area contributed by atoms with E-state index in [9.17, 15) is 9.90 Å². The molecule has 0 radical (unpaired) electrons. The third-order valence-corrected chi connectivity index (χ3v) is 3.94. The number of thioether (sulfide) groups is 1. The lowest BCUT2D eigenvalue weighted by Crippen LogP contribution is -2.41. The smallest absolute Gasteiger partial charge is 0.137 e. The van der Waals surface area contributed by atoms with Crippen LogP contribution in [0.4, 0.5) is 5.82 Å². The van der Waals surface area contributed by atoms with E-state index < -0.39 is 12.0 Å². The normalized spacial score (nSPS) is 12.3. The van der Waals surface area contributed by atoms with Gasteiger partial charge in [0.25, 0.3) is 0 Å². The Morgan fingerprint density at radius 2 is 2.30 bits per heavy atom. The molecule has 0 saturated heterocycles. The highest BCUT2D eigenvalue weighted by atomic mass is 79.9. The van der Waals surface area contributed by atoms with Crippen LogP contribution in [0.1, 0.15) is 6.42 Å². The Labute approximate surface area is 129 Å². The molecule has 0 amide bonds. The van der Waals surface area contributed by atoms with Crippen LogP contribution in [0.5, 0.6) is 0 Å². The van der Waals surface area contributed by atoms with Gasteiger partial charge in [0.15, 0.2) is 0 Å². The number of halogens is 1. The van der Waals surface area contributed by atoms with Gasteiger partial charge in [0.2, 0.25) is 0 Å². The number of benzene rings is 1. The highest BCUT2D eigenvalue weighted by molar-refractivity contribution is 9.10. The molecule has 0 bridgehead atoms. The average Bonchev–Trinajstić information content (AvgIpc) is 2.43. The first-order valence-electron chi connectivity index (χ1n) is 5.98. The van der Waals surface area contributed by atoms with Crippen molar-refractivity contribution in [2.45, 2.75) is 12.5 Å². The van der Waals surface area contributed by atoms with Gasteiger partial charge in [-0.05, 0) is 36.6 Å². The molecular weight excluding hydrogens is 342 g/mol. The predicted molar refractivity (Wildman–Crippen MR) is 82.7 cm³/mol. The van der Waals surface area contributed by atoms with E-state index in [2.05, 4.69) is 31.2 Å². The van der Waals surface area contributed by atoms with E-state index in [1.54, 1.807) is 11.8 Å². The summed E-state index contributed by atoms with van der Waals surface area (Å²) < 4.78 is 0.886. The number of nitrogens with one attached hydrogen (secondary N) is 1. The number of nitrogens with zero attached hydrogens (tertiary/aromatic N) is 2. The van der Waals surface area contributed by atoms with E-state index >= 15 is 0 Å². The quantitative estimate of drug-likeness (QED) is 0.850. The fourth-order valence-electron chi connectivity index (χ4n) is 1.79. The molecule has 0 aliphatic heterocycles. The largest absolute Gasteiger partial charge is 0.548 e. The Kier molecular flexibility index (Phi) is 5.19. The molecule has 0 saturated carbocycles. The topological polar surface area (TPSA) is 77.9 Å². The number of carbonyl (C=O) groups is 1. The van der Waals surface area contributed by atoms with Gasteiger partial charge in [0.1, 0.15) is 12.1 Å². The summed E-state index contributed by atoms with van der Waals surface area (Å²) in [6.07, 6.45) is 3.83. The van der Waals surface area contributed by atoms with Crippen molar-refractivity contribution in [2.75, 3.05) is 17.3 Å². The standard InChI is InChI=1S/C13H14BrN3O2S/c1-20-5-4-11(13(18)19)17-12-9-6-8(14)2-3-10(9)15-7-16-12/h2-3,6-7,11H,4-5H2,1H3,(H,18,19)(H,15,16,17)/p-1/t11-/m0/s1. The maximum absolute atomic E-state index is 11.2. The van der Waals surface area contributed by atoms with Gasteiger partial charge in [-0.3, -0.25) is 0 Å². The van der Waals surface area contributed by atoms with Crippen LogP contribution in [-0.4, -0.2) is 34.0 Å². The van der Waals surface area contributed by atoms with Gasteiger partial charge < -0.3 is 15.2 Å². The van der Waals surface area contributed by atoms with E-state index in [0.717, 1.165) is 21.1 Å². The van der Waals surface area contributed by atoms with Gasteiger partial charge in [-0.15, -0.1) is 0 Å². The number of rotatable bonds is 6. The minimum Gasteiger partial charge on any atom is -0.548 e. The first kappa shape index (κ1) is 15.1. The third-order valence-electron chi connectivity index (χ3n) is 2.80. The van der Waals surface area contributed by atoms with Crippen molar-refractivity contribution in [2.24, 2.45) is 0 Å². The molecule has 7 heteroatoms. The van der Waals surface area contributed by atoms with Crippen LogP contribution < -0.4 is 10.4 Å². The highest BCUT2D eigenvalue weighted by Gasteiger charge is 2.12. The SMILES string of the molecule is CSCC[C@H](Nc1ncnc2ccc(Br)cc12)C(=O)[O-]. The van der Waals surface area contributed by atoms with Gasteiger partial charge in [-0.1, -0.05) is 15.9 Å². The lowest BCUT2D eigenvalue weighted by Gasteiger charge is -2.20. The van der Waals surface area contributed by atoms with E-state index in [4.69, 9.17) is 0 Å². The number of carboxylic acids is 1. The van der Waals surface area contributed by atoms with E-state index in [-0.39, 0.29) is 0 Å². The van der Waals surface area contributed by atoms with Crippen molar-refractivity contribution >= 4 is 50.4 Å². The Hall–Kier alpha value is -1.34. The lowest BCUT2D eigenvalue weighted by atomic mass is 10.2. The number of hydrogen-bond donors (Lipinski definition) is 1. The maximum Gasteiger partial charge on any atom is 0.137 e. The molecule has 2 aromatic rings. The first-order valence-corrected chi connectivity index (χ1v) is 8.17. The van der Waals surface area contributed by atoms with Crippen molar-refractivity contribution in [3.05, 3.63) is 29.0 Å². The second-order valence-electron chi connectivity index (χ2n) is 4.18. The van der Waals surface area contributed by atoms with Gasteiger partial charge in [-0.25, -0.2) is 9.97 Å². The second-order valence-corrected chi connectivity index (χ2v) is 6.08. The van der Waals surface area contributed by atoms with Crippen LogP contribution >= 0.6 is 27.7 Å². The van der Waals surface area contributed by atoms with Crippen molar-refractivity contribution in [3.8, 4) is 0 Å². The third kappa shape index (κ3) is 3.61. The van der Waals surface area contributed by atoms with Gasteiger partial charge in [0, 0.05) is 9.86 Å². The van der Waals surface area contributed by atoms with Gasteiger partial charge in [0.05, 0.1) is 17.5 Å². The van der Waals surface area contributed by atoms with Crippen LogP contribution in [0.25, 0.3) is 10.9 Å². The number of aromatic nitrogens is 2. The number of aliphatic carboxylic acids is 1. The highest BCUT2D eigenvalue weighted by Crippen LogP contribution is 2.24. The summed E-state index contributed by atoms with van der Waals surface area (Å²) in [6.45, 7) is 0. The Morgan fingerprint density at radius 3 is 3.00 bits per heavy atom. The zero-order valence-corrected chi connectivity index (χ0v) is 13.2. The molecule has 106 valence electrons. The Morgan fingerprint density at radius 1 is 1.50 bits per heavy atom. The van der Waals surface area contributed by atoms with E-state index in [1.165, 1.54) is 6.33 Å². The summed E-state index contributed by atoms with van der Waals surface area (Å²) in [7, 11) is 0. The van der Waals surface area contributed by atoms with Crippen LogP contribution in [0.2, 0.25) is 0 Å². The number of anilines is 1. The van der Waals surface area contributed by atoms with Gasteiger partial charge in [-0.2, -0.15) is 11.8 Å². The molecule has 1 aromatic carbocycles. The molecule has 0 aliphatic rings. The monoisotopic (exact) mass is 354 g/mol. The van der Waals surface area contributed by atoms with Crippen molar-refractivity contribution in [1.29, 1.82) is 0 Å². The molecule has 1 N–H and O–H groups in total. The maximum atomic E-state index is 11.2. The predicted octanol–water partition coefficient (Wildman–Crippen LogP) is 1.68. The minimum atomic E-state index is -1.12. The fraction of sp³-hybridized carbons (Fsp3) is 0.308. The average molecular weight is 355 g/mol. The van der Waals surface area contributed by atoms with Crippen LogP contribution in [0.15, 0.2) is 29.0 Å². The van der Waals surface area contributed by atoms with Crippen molar-refractivity contribution in [1.82, 2.24) is 9.97 Å². The zero-order chi connectivity index (χ0) is 14.5. The number of hydrogen-bond acceptors (Lipinski definition) is 6. The summed E-state index contributed by atoms with van der Waals surface area (Å²) in [6, 6.07) is 4.82. The fourth-order valence-corrected chi connectivity index (χ4v) is 2.63. The molecule has 20 heavy (non-hydrogen) atoms. The van der Waals surface area contributed by atoms with Crippen molar-refractivity contribution < 1.29 is 9.90 Å². The molecule has 1 heterocycles. The molecular formula is C13H13BrN3O2S-. The van der Waals surface area contributed by atoms with Gasteiger partial charge >= 0.3 is 0 Å². The molecule has 2 rings (SSSR count). The van der Waals surface area contributed by atoms with E-state index in [1.807, 2.05) is 24.5 Å². The molecule has 0 fully saturated rings. The van der Waals surface area contributed by atoms with Crippen molar-refractivity contribution in [3.63, 3.8) is 0 Å². The Balaban J connectivity index is 2.31. The van der Waals surface area contributed by atoms with Crippen LogP contribution in [0, 0.1) is 0 Å². The molecule has 0 unspecified atom stereocenters. The number of carboxylic acid groups (broad SMARTS) is 1. The molecule has 0 aliphatic carbocycles. The lowest BCUT2D eigenvalue weighted by molar-refractivity contribution is -0.306. The minimum absolute atomic E-state index is 0.475. The Bertz CT molecular complexity index is 624. The summed E-state index contributed by atoms with van der Waals surface area (Å²) in [5.41, 5.74) is 0.757.